The van der Waals surface area contributed by atoms with E-state index < -0.39 is 5.66 Å². The molecule has 2 aliphatic rings. The van der Waals surface area contributed by atoms with Crippen LogP contribution in [0, 0.1) is 0 Å². The van der Waals surface area contributed by atoms with Gasteiger partial charge in [0.1, 0.15) is 11.4 Å². The lowest BCUT2D eigenvalue weighted by Gasteiger charge is -2.34. The van der Waals surface area contributed by atoms with Crippen molar-refractivity contribution in [2.24, 2.45) is 0 Å². The first-order valence-corrected chi connectivity index (χ1v) is 5.84. The molecule has 6 heteroatoms. The summed E-state index contributed by atoms with van der Waals surface area (Å²) in [6.07, 6.45) is 1.18. The lowest BCUT2D eigenvalue weighted by atomic mass is 10.0. The minimum absolute atomic E-state index is 0.204. The second-order valence-electron chi connectivity index (χ2n) is 4.30. The summed E-state index contributed by atoms with van der Waals surface area (Å²) in [6, 6.07) is 2.86. The maximum absolute atomic E-state index is 12.0. The normalized spacial score (nSPS) is 21.4. The summed E-state index contributed by atoms with van der Waals surface area (Å²) in [5, 5.41) is 3.19. The zero-order valence-corrected chi connectivity index (χ0v) is 9.79. The third kappa shape index (κ3) is 1.42. The van der Waals surface area contributed by atoms with E-state index in [0.717, 1.165) is 0 Å². The van der Waals surface area contributed by atoms with Crippen LogP contribution in [0.15, 0.2) is 16.9 Å². The van der Waals surface area contributed by atoms with E-state index in [9.17, 15) is 9.59 Å². The highest BCUT2D eigenvalue weighted by molar-refractivity contribution is 6.33. The van der Waals surface area contributed by atoms with Crippen molar-refractivity contribution in [2.45, 2.75) is 18.5 Å². The number of pyridine rings is 1. The molecule has 3 heterocycles. The Balaban J connectivity index is 2.25. The largest absolute Gasteiger partial charge is 0.381 e. The Hall–Kier alpha value is -1.33. The molecule has 1 fully saturated rings. The van der Waals surface area contributed by atoms with Crippen molar-refractivity contribution in [3.05, 3.63) is 33.2 Å². The van der Waals surface area contributed by atoms with Gasteiger partial charge in [0.15, 0.2) is 0 Å². The molecule has 1 aromatic rings. The molecule has 0 radical (unpaired) electrons. The van der Waals surface area contributed by atoms with E-state index in [2.05, 4.69) is 5.32 Å². The Kier molecular flexibility index (Phi) is 2.27. The Morgan fingerprint density at radius 2 is 2.00 bits per heavy atom. The standard InChI is InChI=1S/C11H11ClN2O3/c12-7-1-2-8(15)14-9(7)10(16)13-11(14)3-5-17-6-4-11/h1-2H,3-6H2,(H,13,16). The monoisotopic (exact) mass is 254 g/mol. The first kappa shape index (κ1) is 10.8. The molecule has 0 unspecified atom stereocenters. The van der Waals surface area contributed by atoms with Crippen molar-refractivity contribution in [3.63, 3.8) is 0 Å². The lowest BCUT2D eigenvalue weighted by molar-refractivity contribution is 0.0120. The number of hydrogen-bond acceptors (Lipinski definition) is 3. The summed E-state index contributed by atoms with van der Waals surface area (Å²) in [5.74, 6) is -0.283. The SMILES string of the molecule is O=C1NC2(CCOCC2)n2c1c(Cl)ccc2=O. The van der Waals surface area contributed by atoms with E-state index >= 15 is 0 Å². The molecule has 1 saturated heterocycles. The molecular formula is C11H11ClN2O3. The number of fused-ring (bicyclic) bond motifs is 2. The quantitative estimate of drug-likeness (QED) is 0.742. The number of nitrogens with zero attached hydrogens (tertiary/aromatic N) is 1. The first-order valence-electron chi connectivity index (χ1n) is 5.46. The van der Waals surface area contributed by atoms with Crippen molar-refractivity contribution >= 4 is 17.5 Å². The summed E-state index contributed by atoms with van der Waals surface area (Å²) in [5.41, 5.74) is -0.585. The predicted octanol–water partition coefficient (Wildman–Crippen LogP) is 0.708. The van der Waals surface area contributed by atoms with Crippen LogP contribution < -0.4 is 10.9 Å². The zero-order chi connectivity index (χ0) is 12.0. The molecule has 1 amide bonds. The van der Waals surface area contributed by atoms with Crippen LogP contribution in [0.3, 0.4) is 0 Å². The van der Waals surface area contributed by atoms with E-state index in [4.69, 9.17) is 16.3 Å². The van der Waals surface area contributed by atoms with Crippen LogP contribution in [0.25, 0.3) is 0 Å². The van der Waals surface area contributed by atoms with Crippen molar-refractivity contribution in [2.75, 3.05) is 13.2 Å². The van der Waals surface area contributed by atoms with Crippen LogP contribution in [0.1, 0.15) is 23.3 Å². The maximum atomic E-state index is 12.0. The number of amides is 1. The van der Waals surface area contributed by atoms with Crippen LogP contribution in [0.4, 0.5) is 0 Å². The molecule has 0 aromatic carbocycles. The van der Waals surface area contributed by atoms with Gasteiger partial charge in [-0.25, -0.2) is 0 Å². The zero-order valence-electron chi connectivity index (χ0n) is 9.03. The fourth-order valence-corrected chi connectivity index (χ4v) is 2.77. The molecule has 2 aliphatic heterocycles. The minimum Gasteiger partial charge on any atom is -0.381 e. The van der Waals surface area contributed by atoms with Crippen LogP contribution in [0.5, 0.6) is 0 Å². The molecule has 17 heavy (non-hydrogen) atoms. The average Bonchev–Trinajstić information content (AvgIpc) is 2.59. The highest BCUT2D eigenvalue weighted by Gasteiger charge is 2.45. The number of nitrogens with one attached hydrogen (secondary N) is 1. The number of hydrogen-bond donors (Lipinski definition) is 1. The second-order valence-corrected chi connectivity index (χ2v) is 4.71. The number of carbonyl (C=O) groups is 1. The van der Waals surface area contributed by atoms with Gasteiger partial charge in [-0.3, -0.25) is 14.2 Å². The van der Waals surface area contributed by atoms with Crippen molar-refractivity contribution in [1.82, 2.24) is 9.88 Å². The molecule has 1 aromatic heterocycles. The number of ether oxygens (including phenoxy) is 1. The lowest BCUT2D eigenvalue weighted by Crippen LogP contribution is -2.50. The summed E-state index contributed by atoms with van der Waals surface area (Å²) < 4.78 is 6.76. The fourth-order valence-electron chi connectivity index (χ4n) is 2.53. The van der Waals surface area contributed by atoms with E-state index in [1.54, 1.807) is 0 Å². The molecule has 3 rings (SSSR count). The van der Waals surface area contributed by atoms with E-state index in [0.29, 0.717) is 31.1 Å². The minimum atomic E-state index is -0.646. The summed E-state index contributed by atoms with van der Waals surface area (Å²) >= 11 is 5.99. The van der Waals surface area contributed by atoms with E-state index in [1.165, 1.54) is 16.7 Å². The van der Waals surface area contributed by atoms with Gasteiger partial charge >= 0.3 is 0 Å². The molecular weight excluding hydrogens is 244 g/mol. The van der Waals surface area contributed by atoms with Crippen LogP contribution in [-0.2, 0) is 10.4 Å². The van der Waals surface area contributed by atoms with E-state index in [-0.39, 0.29) is 17.2 Å². The van der Waals surface area contributed by atoms with Gasteiger partial charge < -0.3 is 10.1 Å². The second kappa shape index (κ2) is 3.58. The molecule has 90 valence electrons. The highest BCUT2D eigenvalue weighted by Crippen LogP contribution is 2.33. The molecule has 0 bridgehead atoms. The van der Waals surface area contributed by atoms with Crippen LogP contribution >= 0.6 is 11.6 Å². The summed E-state index contributed by atoms with van der Waals surface area (Å²) in [7, 11) is 0. The number of rotatable bonds is 0. The Morgan fingerprint density at radius 1 is 1.29 bits per heavy atom. The van der Waals surface area contributed by atoms with Crippen LogP contribution in [0.2, 0.25) is 5.02 Å². The molecule has 1 N–H and O–H groups in total. The Labute approximate surface area is 102 Å². The Morgan fingerprint density at radius 3 is 2.71 bits per heavy atom. The van der Waals surface area contributed by atoms with Gasteiger partial charge in [0.2, 0.25) is 0 Å². The third-order valence-corrected chi connectivity index (χ3v) is 3.66. The van der Waals surface area contributed by atoms with Gasteiger partial charge in [0, 0.05) is 18.9 Å². The fraction of sp³-hybridized carbons (Fsp3) is 0.455. The van der Waals surface area contributed by atoms with Gasteiger partial charge in [-0.05, 0) is 6.07 Å². The van der Waals surface area contributed by atoms with Gasteiger partial charge in [-0.15, -0.1) is 0 Å². The maximum Gasteiger partial charge on any atom is 0.271 e. The molecule has 0 saturated carbocycles. The van der Waals surface area contributed by atoms with E-state index in [1.807, 2.05) is 0 Å². The average molecular weight is 255 g/mol. The van der Waals surface area contributed by atoms with Gasteiger partial charge in [-0.1, -0.05) is 11.6 Å². The van der Waals surface area contributed by atoms with Crippen molar-refractivity contribution < 1.29 is 9.53 Å². The molecule has 0 aliphatic carbocycles. The van der Waals surface area contributed by atoms with Gasteiger partial charge in [0.05, 0.1) is 18.2 Å². The smallest absolute Gasteiger partial charge is 0.271 e. The number of carbonyl (C=O) groups excluding carboxylic acids is 1. The summed E-state index contributed by atoms with van der Waals surface area (Å²) in [4.78, 5) is 23.9. The highest BCUT2D eigenvalue weighted by atomic mass is 35.5. The molecule has 5 nitrogen and oxygen atoms in total. The Bertz CT molecular complexity index is 546. The van der Waals surface area contributed by atoms with Crippen molar-refractivity contribution in [3.8, 4) is 0 Å². The van der Waals surface area contributed by atoms with Gasteiger partial charge in [-0.2, -0.15) is 0 Å². The van der Waals surface area contributed by atoms with Crippen molar-refractivity contribution in [1.29, 1.82) is 0 Å². The first-order chi connectivity index (χ1) is 8.14. The topological polar surface area (TPSA) is 60.3 Å². The molecule has 1 spiro atoms. The number of aromatic nitrogens is 1. The van der Waals surface area contributed by atoms with Crippen LogP contribution in [-0.4, -0.2) is 23.7 Å². The number of halogens is 1. The van der Waals surface area contributed by atoms with Gasteiger partial charge in [0.25, 0.3) is 11.5 Å². The third-order valence-electron chi connectivity index (χ3n) is 3.35. The summed E-state index contributed by atoms with van der Waals surface area (Å²) in [6.45, 7) is 1.05. The predicted molar refractivity (Wildman–Crippen MR) is 61.2 cm³/mol. The molecule has 0 atom stereocenters.